The molecule has 2 aromatic carbocycles. The van der Waals surface area contributed by atoms with E-state index in [-0.39, 0.29) is 12.4 Å². The van der Waals surface area contributed by atoms with Crippen molar-refractivity contribution >= 4 is 26.9 Å². The van der Waals surface area contributed by atoms with Gasteiger partial charge in [-0.2, -0.15) is 4.98 Å². The van der Waals surface area contributed by atoms with Gasteiger partial charge in [-0.05, 0) is 67.8 Å². The zero-order valence-corrected chi connectivity index (χ0v) is 19.7. The third-order valence-corrected chi connectivity index (χ3v) is 6.77. The van der Waals surface area contributed by atoms with Crippen LogP contribution in [0.15, 0.2) is 59.0 Å². The molecule has 2 heterocycles. The van der Waals surface area contributed by atoms with Crippen LogP contribution in [0.3, 0.4) is 0 Å². The van der Waals surface area contributed by atoms with Crippen LogP contribution in [-0.4, -0.2) is 33.3 Å². The number of para-hydroxylation sites is 1. The van der Waals surface area contributed by atoms with Crippen molar-refractivity contribution in [2.45, 2.75) is 20.3 Å². The number of anilines is 1. The number of sulfonamides is 1. The van der Waals surface area contributed by atoms with Crippen molar-refractivity contribution in [3.8, 4) is 17.1 Å². The molecular formula is C25H25FN2O4S. The van der Waals surface area contributed by atoms with E-state index in [0.717, 1.165) is 28.3 Å². The average molecular weight is 469 g/mol. The first kappa shape index (κ1) is 22.8. The minimum atomic E-state index is -3.61. The lowest BCUT2D eigenvalue weighted by Gasteiger charge is -2.23. The van der Waals surface area contributed by atoms with Crippen LogP contribution in [0.25, 0.3) is 22.4 Å². The van der Waals surface area contributed by atoms with Crippen LogP contribution in [0.4, 0.5) is 10.2 Å². The summed E-state index contributed by atoms with van der Waals surface area (Å²) in [5.74, 6) is 1.27. The van der Waals surface area contributed by atoms with Crippen molar-refractivity contribution in [3.05, 3.63) is 77.1 Å². The Kier molecular flexibility index (Phi) is 6.12. The van der Waals surface area contributed by atoms with Gasteiger partial charge in [0.15, 0.2) is 0 Å². The van der Waals surface area contributed by atoms with E-state index >= 15 is 0 Å². The van der Waals surface area contributed by atoms with E-state index in [1.54, 1.807) is 19.2 Å². The van der Waals surface area contributed by atoms with E-state index in [4.69, 9.17) is 9.15 Å². The zero-order valence-electron chi connectivity index (χ0n) is 18.9. The van der Waals surface area contributed by atoms with Gasteiger partial charge in [0.05, 0.1) is 13.4 Å². The lowest BCUT2D eigenvalue weighted by atomic mass is 10.1. The number of halogens is 1. The molecule has 2 aromatic heterocycles. The summed E-state index contributed by atoms with van der Waals surface area (Å²) in [6.45, 7) is 3.93. The lowest BCUT2D eigenvalue weighted by Crippen LogP contribution is -2.33. The van der Waals surface area contributed by atoms with Gasteiger partial charge in [0.2, 0.25) is 15.7 Å². The Morgan fingerprint density at radius 3 is 2.45 bits per heavy atom. The Morgan fingerprint density at radius 1 is 1.09 bits per heavy atom. The highest BCUT2D eigenvalue weighted by atomic mass is 32.2. The first-order valence-electron chi connectivity index (χ1n) is 10.5. The average Bonchev–Trinajstić information content (AvgIpc) is 3.09. The van der Waals surface area contributed by atoms with E-state index in [1.165, 1.54) is 16.4 Å². The fourth-order valence-corrected chi connectivity index (χ4v) is 4.84. The molecule has 0 fully saturated rings. The summed E-state index contributed by atoms with van der Waals surface area (Å²) in [4.78, 5) is 4.60. The van der Waals surface area contributed by atoms with E-state index in [1.807, 2.05) is 44.2 Å². The Balaban J connectivity index is 1.75. The third kappa shape index (κ3) is 4.57. The molecule has 0 radical (unpaired) electrons. The zero-order chi connectivity index (χ0) is 23.8. The highest BCUT2D eigenvalue weighted by Crippen LogP contribution is 2.35. The molecule has 6 nitrogen and oxygen atoms in total. The molecule has 0 saturated heterocycles. The predicted molar refractivity (Wildman–Crippen MR) is 128 cm³/mol. The largest absolute Gasteiger partial charge is 0.496 e. The van der Waals surface area contributed by atoms with E-state index in [0.29, 0.717) is 35.0 Å². The predicted octanol–water partition coefficient (Wildman–Crippen LogP) is 5.27. The van der Waals surface area contributed by atoms with E-state index < -0.39 is 10.0 Å². The summed E-state index contributed by atoms with van der Waals surface area (Å²) in [6.07, 6.45) is 1.62. The monoisotopic (exact) mass is 468 g/mol. The van der Waals surface area contributed by atoms with E-state index in [2.05, 4.69) is 4.98 Å². The van der Waals surface area contributed by atoms with Gasteiger partial charge in [-0.1, -0.05) is 18.2 Å². The van der Waals surface area contributed by atoms with Gasteiger partial charge in [-0.15, -0.1) is 0 Å². The molecule has 4 rings (SSSR count). The number of fused-ring (bicyclic) bond motifs is 1. The van der Waals surface area contributed by atoms with Gasteiger partial charge in [0.1, 0.15) is 23.1 Å². The fraction of sp³-hybridized carbons (Fsp3) is 0.240. The molecule has 0 N–H and O–H groups in total. The molecule has 172 valence electrons. The van der Waals surface area contributed by atoms with Gasteiger partial charge in [0.25, 0.3) is 0 Å². The van der Waals surface area contributed by atoms with Gasteiger partial charge in [-0.25, -0.2) is 12.8 Å². The van der Waals surface area contributed by atoms with Crippen LogP contribution in [0.2, 0.25) is 0 Å². The Bertz CT molecular complexity index is 1410. The molecule has 0 aliphatic carbocycles. The van der Waals surface area contributed by atoms with Crippen LogP contribution in [0.5, 0.6) is 5.75 Å². The van der Waals surface area contributed by atoms with Crippen molar-refractivity contribution in [1.29, 1.82) is 0 Å². The number of pyridine rings is 1. The van der Waals surface area contributed by atoms with Gasteiger partial charge < -0.3 is 9.15 Å². The summed E-state index contributed by atoms with van der Waals surface area (Å²) >= 11 is 0. The minimum absolute atomic E-state index is 0.197. The Labute approximate surface area is 192 Å². The summed E-state index contributed by atoms with van der Waals surface area (Å²) in [7, 11) is -2.02. The second kappa shape index (κ2) is 8.86. The number of aromatic nitrogens is 1. The quantitative estimate of drug-likeness (QED) is 0.370. The van der Waals surface area contributed by atoms with Gasteiger partial charge in [0, 0.05) is 23.1 Å². The molecule has 0 aliphatic heterocycles. The first-order valence-corrected chi connectivity index (χ1v) is 12.3. The van der Waals surface area contributed by atoms with Crippen LogP contribution in [-0.2, 0) is 16.4 Å². The highest BCUT2D eigenvalue weighted by Gasteiger charge is 2.24. The summed E-state index contributed by atoms with van der Waals surface area (Å²) in [5, 5.41) is 0.786. The van der Waals surface area contributed by atoms with Crippen molar-refractivity contribution in [1.82, 2.24) is 4.98 Å². The lowest BCUT2D eigenvalue weighted by molar-refractivity contribution is 0.409. The van der Waals surface area contributed by atoms with Crippen LogP contribution >= 0.6 is 0 Å². The molecule has 8 heteroatoms. The number of aryl methyl sites for hydroxylation is 2. The number of hydrogen-bond donors (Lipinski definition) is 0. The second-order valence-corrected chi connectivity index (χ2v) is 9.85. The van der Waals surface area contributed by atoms with E-state index in [9.17, 15) is 12.8 Å². The number of nitrogens with zero attached hydrogens (tertiary/aromatic N) is 2. The molecule has 0 unspecified atom stereocenters. The fourth-order valence-electron chi connectivity index (χ4n) is 3.92. The molecule has 0 saturated carbocycles. The standard InChI is InChI=1S/C25H25FN2O4S/c1-16-15-21-17(2)23(19-9-11-20(26)12-10-19)32-25(21)27-24(16)28(33(4,29)30)14-13-18-7-5-6-8-22(18)31-3/h5-12,15H,13-14H2,1-4H3. The summed E-state index contributed by atoms with van der Waals surface area (Å²) < 4.78 is 51.5. The topological polar surface area (TPSA) is 72.6 Å². The number of methoxy groups -OCH3 is 1. The Morgan fingerprint density at radius 2 is 1.79 bits per heavy atom. The minimum Gasteiger partial charge on any atom is -0.496 e. The van der Waals surface area contributed by atoms with Gasteiger partial charge >= 0.3 is 0 Å². The second-order valence-electron chi connectivity index (χ2n) is 7.94. The maximum atomic E-state index is 13.3. The van der Waals surface area contributed by atoms with Crippen molar-refractivity contribution in [2.75, 3.05) is 24.2 Å². The molecule has 0 amide bonds. The highest BCUT2D eigenvalue weighted by molar-refractivity contribution is 7.92. The summed E-state index contributed by atoms with van der Waals surface area (Å²) in [6, 6.07) is 15.4. The van der Waals surface area contributed by atoms with Crippen molar-refractivity contribution < 1.29 is 22.0 Å². The molecule has 0 bridgehead atoms. The number of ether oxygens (including phenoxy) is 1. The first-order chi connectivity index (χ1) is 15.7. The normalized spacial score (nSPS) is 11.7. The Hall–Kier alpha value is -3.39. The van der Waals surface area contributed by atoms with Crippen molar-refractivity contribution in [2.24, 2.45) is 0 Å². The van der Waals surface area contributed by atoms with Crippen LogP contribution in [0, 0.1) is 19.7 Å². The molecule has 33 heavy (non-hydrogen) atoms. The van der Waals surface area contributed by atoms with Crippen LogP contribution in [0.1, 0.15) is 16.7 Å². The number of rotatable bonds is 7. The summed E-state index contributed by atoms with van der Waals surface area (Å²) in [5.41, 5.74) is 3.53. The maximum Gasteiger partial charge on any atom is 0.233 e. The number of benzene rings is 2. The van der Waals surface area contributed by atoms with Gasteiger partial charge in [-0.3, -0.25) is 4.31 Å². The molecule has 0 atom stereocenters. The number of hydrogen-bond acceptors (Lipinski definition) is 5. The van der Waals surface area contributed by atoms with Crippen molar-refractivity contribution in [3.63, 3.8) is 0 Å². The third-order valence-electron chi connectivity index (χ3n) is 5.61. The maximum absolute atomic E-state index is 13.3. The smallest absolute Gasteiger partial charge is 0.233 e. The number of furan rings is 1. The molecule has 0 spiro atoms. The molecule has 4 aromatic rings. The molecular weight excluding hydrogens is 443 g/mol. The van der Waals surface area contributed by atoms with Crippen LogP contribution < -0.4 is 9.04 Å². The molecule has 0 aliphatic rings. The SMILES string of the molecule is COc1ccccc1CCN(c1nc2oc(-c3ccc(F)cc3)c(C)c2cc1C)S(C)(=O)=O.